The molecule has 0 unspecified atom stereocenters. The third kappa shape index (κ3) is 1.34. The summed E-state index contributed by atoms with van der Waals surface area (Å²) in [4.78, 5) is 10.6. The van der Waals surface area contributed by atoms with Gasteiger partial charge in [-0.3, -0.25) is 0 Å². The summed E-state index contributed by atoms with van der Waals surface area (Å²) in [6, 6.07) is 6.43. The third-order valence-electron chi connectivity index (χ3n) is 2.78. The first-order valence-electron chi connectivity index (χ1n) is 5.04. The Bertz CT molecular complexity index is 485. The second-order valence-electron chi connectivity index (χ2n) is 3.90. The first-order valence-corrected chi connectivity index (χ1v) is 5.04. The molecule has 1 fully saturated rings. The Labute approximate surface area is 87.7 Å². The Hall–Kier alpha value is -1.68. The molecule has 0 radical (unpaired) electrons. The van der Waals surface area contributed by atoms with E-state index in [2.05, 4.69) is 20.9 Å². The van der Waals surface area contributed by atoms with Crippen LogP contribution in [0.15, 0.2) is 30.7 Å². The summed E-state index contributed by atoms with van der Waals surface area (Å²) < 4.78 is 0. The fourth-order valence-electron chi connectivity index (χ4n) is 1.97. The van der Waals surface area contributed by atoms with E-state index in [1.165, 1.54) is 5.69 Å². The number of hydrogen-bond donors (Lipinski definition) is 1. The van der Waals surface area contributed by atoms with Crippen LogP contribution in [0, 0.1) is 0 Å². The SMILES string of the molecule is NC1CN(c2cccc3ncncc23)C1. The number of aromatic nitrogens is 2. The van der Waals surface area contributed by atoms with Crippen molar-refractivity contribution in [2.24, 2.45) is 5.73 Å². The lowest BCUT2D eigenvalue weighted by Gasteiger charge is -2.39. The fraction of sp³-hybridized carbons (Fsp3) is 0.273. The molecular formula is C11H12N4. The minimum atomic E-state index is 0.310. The van der Waals surface area contributed by atoms with E-state index < -0.39 is 0 Å². The van der Waals surface area contributed by atoms with Crippen molar-refractivity contribution in [1.82, 2.24) is 9.97 Å². The maximum absolute atomic E-state index is 5.78. The van der Waals surface area contributed by atoms with Crippen molar-refractivity contribution < 1.29 is 0 Å². The summed E-state index contributed by atoms with van der Waals surface area (Å²) in [5.74, 6) is 0. The molecule has 0 atom stereocenters. The summed E-state index contributed by atoms with van der Waals surface area (Å²) >= 11 is 0. The zero-order valence-electron chi connectivity index (χ0n) is 8.30. The van der Waals surface area contributed by atoms with Gasteiger partial charge in [-0.15, -0.1) is 0 Å². The first-order chi connectivity index (χ1) is 7.34. The van der Waals surface area contributed by atoms with Crippen LogP contribution in [0.5, 0.6) is 0 Å². The van der Waals surface area contributed by atoms with E-state index in [0.717, 1.165) is 24.0 Å². The molecule has 2 heterocycles. The Morgan fingerprint density at radius 3 is 3.00 bits per heavy atom. The summed E-state index contributed by atoms with van der Waals surface area (Å²) in [5.41, 5.74) is 7.96. The van der Waals surface area contributed by atoms with Crippen molar-refractivity contribution in [2.45, 2.75) is 6.04 Å². The molecule has 1 aromatic carbocycles. The van der Waals surface area contributed by atoms with Gasteiger partial charge in [-0.05, 0) is 12.1 Å². The molecule has 3 rings (SSSR count). The van der Waals surface area contributed by atoms with Gasteiger partial charge in [0.15, 0.2) is 0 Å². The third-order valence-corrected chi connectivity index (χ3v) is 2.78. The summed E-state index contributed by atoms with van der Waals surface area (Å²) in [5, 5.41) is 1.10. The van der Waals surface area contributed by atoms with Crippen molar-refractivity contribution in [3.05, 3.63) is 30.7 Å². The standard InChI is InChI=1S/C11H12N4/c12-8-5-15(6-8)11-3-1-2-10-9(11)4-13-7-14-10/h1-4,7-8H,5-6,12H2. The number of benzene rings is 1. The van der Waals surface area contributed by atoms with Crippen LogP contribution < -0.4 is 10.6 Å². The highest BCUT2D eigenvalue weighted by Gasteiger charge is 2.24. The first kappa shape index (κ1) is 8.61. The quantitative estimate of drug-likeness (QED) is 0.739. The molecular weight excluding hydrogens is 188 g/mol. The van der Waals surface area contributed by atoms with Gasteiger partial charge in [-0.2, -0.15) is 0 Å². The van der Waals surface area contributed by atoms with Gasteiger partial charge >= 0.3 is 0 Å². The van der Waals surface area contributed by atoms with Crippen LogP contribution >= 0.6 is 0 Å². The average Bonchev–Trinajstić information content (AvgIpc) is 2.24. The van der Waals surface area contributed by atoms with Crippen LogP contribution in [0.3, 0.4) is 0 Å². The van der Waals surface area contributed by atoms with Gasteiger partial charge in [0, 0.05) is 36.4 Å². The minimum Gasteiger partial charge on any atom is -0.368 e. The largest absolute Gasteiger partial charge is 0.368 e. The highest BCUT2D eigenvalue weighted by atomic mass is 15.2. The molecule has 2 aromatic rings. The van der Waals surface area contributed by atoms with Crippen LogP contribution in [0.1, 0.15) is 0 Å². The van der Waals surface area contributed by atoms with E-state index in [1.54, 1.807) is 6.33 Å². The molecule has 0 saturated carbocycles. The van der Waals surface area contributed by atoms with Crippen molar-refractivity contribution in [3.63, 3.8) is 0 Å². The molecule has 1 aromatic heterocycles. The van der Waals surface area contributed by atoms with Crippen LogP contribution in [0.4, 0.5) is 5.69 Å². The maximum Gasteiger partial charge on any atom is 0.116 e. The number of fused-ring (bicyclic) bond motifs is 1. The van der Waals surface area contributed by atoms with E-state index in [9.17, 15) is 0 Å². The molecule has 1 aliphatic heterocycles. The Balaban J connectivity index is 2.10. The van der Waals surface area contributed by atoms with Gasteiger partial charge in [-0.25, -0.2) is 9.97 Å². The van der Waals surface area contributed by atoms with Crippen LogP contribution in [0.2, 0.25) is 0 Å². The summed E-state index contributed by atoms with van der Waals surface area (Å²) in [6.07, 6.45) is 3.44. The lowest BCUT2D eigenvalue weighted by atomic mass is 10.1. The summed E-state index contributed by atoms with van der Waals surface area (Å²) in [6.45, 7) is 1.85. The van der Waals surface area contributed by atoms with Crippen molar-refractivity contribution in [3.8, 4) is 0 Å². The van der Waals surface area contributed by atoms with Crippen LogP contribution in [-0.4, -0.2) is 29.1 Å². The molecule has 0 amide bonds. The minimum absolute atomic E-state index is 0.310. The van der Waals surface area contributed by atoms with Gasteiger partial charge in [0.1, 0.15) is 6.33 Å². The Morgan fingerprint density at radius 1 is 1.33 bits per heavy atom. The van der Waals surface area contributed by atoms with Crippen molar-refractivity contribution in [2.75, 3.05) is 18.0 Å². The van der Waals surface area contributed by atoms with Gasteiger partial charge in [0.2, 0.25) is 0 Å². The normalized spacial score (nSPS) is 16.7. The molecule has 1 saturated heterocycles. The summed E-state index contributed by atoms with van der Waals surface area (Å²) in [7, 11) is 0. The average molecular weight is 200 g/mol. The molecule has 0 bridgehead atoms. The zero-order valence-corrected chi connectivity index (χ0v) is 8.30. The zero-order chi connectivity index (χ0) is 10.3. The lowest BCUT2D eigenvalue weighted by Crippen LogP contribution is -2.55. The van der Waals surface area contributed by atoms with Crippen molar-refractivity contribution >= 4 is 16.6 Å². The van der Waals surface area contributed by atoms with Crippen LogP contribution in [-0.2, 0) is 0 Å². The highest BCUT2D eigenvalue weighted by Crippen LogP contribution is 2.27. The number of anilines is 1. The molecule has 1 aliphatic rings. The van der Waals surface area contributed by atoms with Gasteiger partial charge in [0.05, 0.1) is 5.52 Å². The van der Waals surface area contributed by atoms with Crippen LogP contribution in [0.25, 0.3) is 10.9 Å². The second-order valence-corrected chi connectivity index (χ2v) is 3.90. The number of rotatable bonds is 1. The molecule has 4 heteroatoms. The van der Waals surface area contributed by atoms with Crippen molar-refractivity contribution in [1.29, 1.82) is 0 Å². The highest BCUT2D eigenvalue weighted by molar-refractivity contribution is 5.91. The number of nitrogens with zero attached hydrogens (tertiary/aromatic N) is 3. The maximum atomic E-state index is 5.78. The Morgan fingerprint density at radius 2 is 2.20 bits per heavy atom. The van der Waals surface area contributed by atoms with E-state index in [4.69, 9.17) is 5.73 Å². The van der Waals surface area contributed by atoms with Gasteiger partial charge in [0.25, 0.3) is 0 Å². The van der Waals surface area contributed by atoms with Gasteiger partial charge in [-0.1, -0.05) is 6.07 Å². The predicted octanol–water partition coefficient (Wildman–Crippen LogP) is 0.777. The predicted molar refractivity (Wildman–Crippen MR) is 59.7 cm³/mol. The lowest BCUT2D eigenvalue weighted by molar-refractivity contribution is 0.521. The molecule has 0 aliphatic carbocycles. The van der Waals surface area contributed by atoms with E-state index >= 15 is 0 Å². The van der Waals surface area contributed by atoms with E-state index in [0.29, 0.717) is 6.04 Å². The monoisotopic (exact) mass is 200 g/mol. The van der Waals surface area contributed by atoms with E-state index in [-0.39, 0.29) is 0 Å². The molecule has 15 heavy (non-hydrogen) atoms. The molecule has 4 nitrogen and oxygen atoms in total. The topological polar surface area (TPSA) is 55.0 Å². The fourth-order valence-corrected chi connectivity index (χ4v) is 1.97. The van der Waals surface area contributed by atoms with Gasteiger partial charge < -0.3 is 10.6 Å². The molecule has 76 valence electrons. The molecule has 2 N–H and O–H groups in total. The molecule has 0 spiro atoms. The number of hydrogen-bond acceptors (Lipinski definition) is 4. The van der Waals surface area contributed by atoms with E-state index in [1.807, 2.05) is 18.3 Å². The Kier molecular flexibility index (Phi) is 1.82. The second kappa shape index (κ2) is 3.17. The smallest absolute Gasteiger partial charge is 0.116 e. The number of nitrogens with two attached hydrogens (primary N) is 1.